The van der Waals surface area contributed by atoms with E-state index in [9.17, 15) is 0 Å². The van der Waals surface area contributed by atoms with Crippen LogP contribution in [0.25, 0.3) is 5.69 Å². The molecule has 2 aromatic carbocycles. The van der Waals surface area contributed by atoms with E-state index in [1.165, 1.54) is 11.1 Å². The highest BCUT2D eigenvalue weighted by molar-refractivity contribution is 7.98. The van der Waals surface area contributed by atoms with Crippen LogP contribution in [-0.2, 0) is 5.75 Å². The van der Waals surface area contributed by atoms with Crippen molar-refractivity contribution in [2.45, 2.75) is 31.7 Å². The Kier molecular flexibility index (Phi) is 5.18. The van der Waals surface area contributed by atoms with Crippen LogP contribution < -0.4 is 0 Å². The second kappa shape index (κ2) is 7.18. The molecule has 0 amide bonds. The SMILES string of the molecule is Cc1ccc(-n2c(C)nnc2SCc2ccc(Cl)c(Cl)c2)cc1C. The van der Waals surface area contributed by atoms with Gasteiger partial charge in [0.25, 0.3) is 0 Å². The van der Waals surface area contributed by atoms with Gasteiger partial charge in [0.2, 0.25) is 0 Å². The molecule has 0 radical (unpaired) electrons. The fraction of sp³-hybridized carbons (Fsp3) is 0.222. The van der Waals surface area contributed by atoms with Crippen LogP contribution >= 0.6 is 35.0 Å². The quantitative estimate of drug-likeness (QED) is 0.538. The number of aryl methyl sites for hydroxylation is 3. The Morgan fingerprint density at radius 2 is 1.71 bits per heavy atom. The second-order valence-corrected chi connectivity index (χ2v) is 7.43. The van der Waals surface area contributed by atoms with Crippen molar-refractivity contribution in [3.05, 3.63) is 69.0 Å². The van der Waals surface area contributed by atoms with Gasteiger partial charge in [-0.25, -0.2) is 0 Å². The lowest BCUT2D eigenvalue weighted by Crippen LogP contribution is -2.00. The normalized spacial score (nSPS) is 11.0. The number of benzene rings is 2. The van der Waals surface area contributed by atoms with E-state index in [1.807, 2.05) is 25.1 Å². The minimum Gasteiger partial charge on any atom is -0.274 e. The predicted molar refractivity (Wildman–Crippen MR) is 102 cm³/mol. The van der Waals surface area contributed by atoms with E-state index >= 15 is 0 Å². The first kappa shape index (κ1) is 17.3. The summed E-state index contributed by atoms with van der Waals surface area (Å²) < 4.78 is 2.08. The molecule has 0 bridgehead atoms. The van der Waals surface area contributed by atoms with E-state index < -0.39 is 0 Å². The Morgan fingerprint density at radius 1 is 0.917 bits per heavy atom. The summed E-state index contributed by atoms with van der Waals surface area (Å²) in [4.78, 5) is 0. The maximum absolute atomic E-state index is 6.08. The standard InChI is InChI=1S/C18H17Cl2N3S/c1-11-4-6-15(8-12(11)2)23-13(3)21-22-18(23)24-10-14-5-7-16(19)17(20)9-14/h4-9H,10H2,1-3H3. The average molecular weight is 378 g/mol. The van der Waals surface area contributed by atoms with Crippen molar-refractivity contribution in [3.8, 4) is 5.69 Å². The van der Waals surface area contributed by atoms with E-state index in [2.05, 4.69) is 46.8 Å². The molecule has 0 aliphatic heterocycles. The van der Waals surface area contributed by atoms with Gasteiger partial charge in [0, 0.05) is 11.4 Å². The zero-order chi connectivity index (χ0) is 17.3. The number of thioether (sulfide) groups is 1. The van der Waals surface area contributed by atoms with Crippen molar-refractivity contribution in [1.29, 1.82) is 0 Å². The number of rotatable bonds is 4. The monoisotopic (exact) mass is 377 g/mol. The summed E-state index contributed by atoms with van der Waals surface area (Å²) >= 11 is 13.7. The van der Waals surface area contributed by atoms with E-state index in [-0.39, 0.29) is 0 Å². The first-order chi connectivity index (χ1) is 11.5. The molecular weight excluding hydrogens is 361 g/mol. The first-order valence-corrected chi connectivity index (χ1v) is 9.26. The van der Waals surface area contributed by atoms with Gasteiger partial charge in [-0.05, 0) is 61.7 Å². The van der Waals surface area contributed by atoms with Crippen LogP contribution in [0.2, 0.25) is 10.0 Å². The van der Waals surface area contributed by atoms with Crippen LogP contribution in [0.15, 0.2) is 41.6 Å². The Morgan fingerprint density at radius 3 is 2.42 bits per heavy atom. The minimum absolute atomic E-state index is 0.569. The van der Waals surface area contributed by atoms with Crippen molar-refractivity contribution in [2.24, 2.45) is 0 Å². The third-order valence-corrected chi connectivity index (χ3v) is 5.63. The molecule has 0 N–H and O–H groups in total. The second-order valence-electron chi connectivity index (χ2n) is 5.67. The van der Waals surface area contributed by atoms with Gasteiger partial charge >= 0.3 is 0 Å². The lowest BCUT2D eigenvalue weighted by molar-refractivity contribution is 0.866. The van der Waals surface area contributed by atoms with Crippen LogP contribution in [0.5, 0.6) is 0 Å². The van der Waals surface area contributed by atoms with Gasteiger partial charge < -0.3 is 0 Å². The average Bonchev–Trinajstić information content (AvgIpc) is 2.92. The van der Waals surface area contributed by atoms with Gasteiger partial charge in [-0.15, -0.1) is 10.2 Å². The van der Waals surface area contributed by atoms with Gasteiger partial charge in [-0.3, -0.25) is 4.57 Å². The fourth-order valence-electron chi connectivity index (χ4n) is 2.38. The number of hydrogen-bond acceptors (Lipinski definition) is 3. The van der Waals surface area contributed by atoms with Crippen LogP contribution in [0.3, 0.4) is 0 Å². The van der Waals surface area contributed by atoms with Gasteiger partial charge in [-0.2, -0.15) is 0 Å². The van der Waals surface area contributed by atoms with Crippen molar-refractivity contribution in [3.63, 3.8) is 0 Å². The summed E-state index contributed by atoms with van der Waals surface area (Å²) in [5, 5.41) is 10.6. The minimum atomic E-state index is 0.569. The Bertz CT molecular complexity index is 890. The number of aromatic nitrogens is 3. The molecule has 0 fully saturated rings. The number of hydrogen-bond donors (Lipinski definition) is 0. The van der Waals surface area contributed by atoms with Gasteiger partial charge in [0.05, 0.1) is 10.0 Å². The molecular formula is C18H17Cl2N3S. The molecule has 124 valence electrons. The molecule has 0 aliphatic rings. The molecule has 3 aromatic rings. The Balaban J connectivity index is 1.87. The molecule has 0 spiro atoms. The van der Waals surface area contributed by atoms with Crippen LogP contribution in [0, 0.1) is 20.8 Å². The summed E-state index contributed by atoms with van der Waals surface area (Å²) in [7, 11) is 0. The molecule has 0 unspecified atom stereocenters. The van der Waals surface area contributed by atoms with Gasteiger partial charge in [0.15, 0.2) is 5.16 Å². The predicted octanol–water partition coefficient (Wildman–Crippen LogP) is 5.79. The smallest absolute Gasteiger partial charge is 0.196 e. The molecule has 0 atom stereocenters. The lowest BCUT2D eigenvalue weighted by Gasteiger charge is -2.10. The molecule has 24 heavy (non-hydrogen) atoms. The highest BCUT2D eigenvalue weighted by atomic mass is 35.5. The van der Waals surface area contributed by atoms with Crippen LogP contribution in [0.1, 0.15) is 22.5 Å². The molecule has 0 saturated heterocycles. The first-order valence-electron chi connectivity index (χ1n) is 7.52. The van der Waals surface area contributed by atoms with Crippen LogP contribution in [-0.4, -0.2) is 14.8 Å². The number of nitrogens with zero attached hydrogens (tertiary/aromatic N) is 3. The maximum Gasteiger partial charge on any atom is 0.196 e. The summed E-state index contributed by atoms with van der Waals surface area (Å²) in [5.41, 5.74) is 4.70. The largest absolute Gasteiger partial charge is 0.274 e. The lowest BCUT2D eigenvalue weighted by atomic mass is 10.1. The molecule has 6 heteroatoms. The molecule has 3 nitrogen and oxygen atoms in total. The fourth-order valence-corrected chi connectivity index (χ4v) is 3.64. The summed E-state index contributed by atoms with van der Waals surface area (Å²) in [5.74, 6) is 1.62. The van der Waals surface area contributed by atoms with Crippen molar-refractivity contribution >= 4 is 35.0 Å². The molecule has 1 aromatic heterocycles. The van der Waals surface area contributed by atoms with E-state index in [0.717, 1.165) is 28.0 Å². The topological polar surface area (TPSA) is 30.7 Å². The Hall–Kier alpha value is -1.49. The maximum atomic E-state index is 6.08. The highest BCUT2D eigenvalue weighted by Gasteiger charge is 2.12. The number of halogens is 2. The summed E-state index contributed by atoms with van der Waals surface area (Å²) in [6.07, 6.45) is 0. The van der Waals surface area contributed by atoms with Gasteiger partial charge in [0.1, 0.15) is 5.82 Å². The van der Waals surface area contributed by atoms with E-state index in [4.69, 9.17) is 23.2 Å². The van der Waals surface area contributed by atoms with Crippen molar-refractivity contribution in [1.82, 2.24) is 14.8 Å². The molecule has 0 saturated carbocycles. The zero-order valence-electron chi connectivity index (χ0n) is 13.7. The zero-order valence-corrected chi connectivity index (χ0v) is 16.0. The highest BCUT2D eigenvalue weighted by Crippen LogP contribution is 2.29. The third kappa shape index (κ3) is 3.61. The summed E-state index contributed by atoms with van der Waals surface area (Å²) in [6, 6.07) is 12.1. The summed E-state index contributed by atoms with van der Waals surface area (Å²) in [6.45, 7) is 6.19. The van der Waals surface area contributed by atoms with Crippen LogP contribution in [0.4, 0.5) is 0 Å². The molecule has 3 rings (SSSR count). The van der Waals surface area contributed by atoms with Gasteiger partial charge in [-0.1, -0.05) is 47.1 Å². The third-order valence-electron chi connectivity index (χ3n) is 3.90. The van der Waals surface area contributed by atoms with E-state index in [1.54, 1.807) is 11.8 Å². The molecule has 0 aliphatic carbocycles. The Labute approximate surface area is 156 Å². The van der Waals surface area contributed by atoms with E-state index in [0.29, 0.717) is 10.0 Å². The van der Waals surface area contributed by atoms with Crippen molar-refractivity contribution in [2.75, 3.05) is 0 Å². The molecule has 1 heterocycles. The van der Waals surface area contributed by atoms with Crippen molar-refractivity contribution < 1.29 is 0 Å².